The maximum Gasteiger partial charge on any atom is 0.0897 e. The van der Waals surface area contributed by atoms with Crippen LogP contribution < -0.4 is 0 Å². The number of hydrogen-bond donors (Lipinski definition) is 1. The third kappa shape index (κ3) is 5.99. The molecule has 0 radical (unpaired) electrons. The lowest BCUT2D eigenvalue weighted by atomic mass is 10.8. The van der Waals surface area contributed by atoms with Crippen molar-refractivity contribution in [2.75, 3.05) is 5.75 Å². The molecule has 0 saturated carbocycles. The molecule has 9 heavy (non-hydrogen) atoms. The molecular formula is C6H11NS2. The Balaban J connectivity index is 3.63. The van der Waals surface area contributed by atoms with Crippen molar-refractivity contribution < 1.29 is 0 Å². The highest BCUT2D eigenvalue weighted by Gasteiger charge is 1.87. The molecule has 52 valence electrons. The molecule has 0 fully saturated rings. The van der Waals surface area contributed by atoms with Crippen LogP contribution >= 0.6 is 24.4 Å². The van der Waals surface area contributed by atoms with Crippen molar-refractivity contribution >= 4 is 29.4 Å². The molecule has 0 aliphatic heterocycles. The van der Waals surface area contributed by atoms with E-state index in [9.17, 15) is 0 Å². The van der Waals surface area contributed by atoms with Gasteiger partial charge >= 0.3 is 0 Å². The Morgan fingerprint density at radius 3 is 2.67 bits per heavy atom. The van der Waals surface area contributed by atoms with E-state index in [1.807, 2.05) is 6.92 Å². The summed E-state index contributed by atoms with van der Waals surface area (Å²) in [5.41, 5.74) is 0. The number of nitrogens with zero attached hydrogens (tertiary/aromatic N) is 1. The monoisotopic (exact) mass is 161 g/mol. The molecule has 0 N–H and O–H groups in total. The van der Waals surface area contributed by atoms with Crippen molar-refractivity contribution in [1.82, 2.24) is 0 Å². The summed E-state index contributed by atoms with van der Waals surface area (Å²) in [6.07, 6.45) is 0. The molecule has 0 aromatic carbocycles. The van der Waals surface area contributed by atoms with Gasteiger partial charge in [-0.1, -0.05) is 13.5 Å². The van der Waals surface area contributed by atoms with Crippen molar-refractivity contribution in [3.05, 3.63) is 11.6 Å². The van der Waals surface area contributed by atoms with Crippen LogP contribution in [0.2, 0.25) is 0 Å². The first-order valence-electron chi connectivity index (χ1n) is 2.72. The minimum Gasteiger partial charge on any atom is -0.241 e. The summed E-state index contributed by atoms with van der Waals surface area (Å²) >= 11 is 5.63. The average molecular weight is 161 g/mol. The highest BCUT2D eigenvalue weighted by molar-refractivity contribution is 8.03. The molecule has 3 heteroatoms. The minimum atomic E-state index is 0.765. The second-order valence-corrected chi connectivity index (χ2v) is 3.47. The SMILES string of the molecule is C=C(/N=C(\C)S)SCC. The smallest absolute Gasteiger partial charge is 0.0897 e. The Morgan fingerprint density at radius 2 is 2.33 bits per heavy atom. The van der Waals surface area contributed by atoms with E-state index in [4.69, 9.17) is 0 Å². The van der Waals surface area contributed by atoms with Crippen molar-refractivity contribution in [2.24, 2.45) is 4.99 Å². The summed E-state index contributed by atoms with van der Waals surface area (Å²) in [6, 6.07) is 0. The van der Waals surface area contributed by atoms with Gasteiger partial charge in [-0.05, 0) is 12.7 Å². The molecule has 0 aromatic rings. The van der Waals surface area contributed by atoms with Gasteiger partial charge in [0, 0.05) is 0 Å². The van der Waals surface area contributed by atoms with E-state index in [-0.39, 0.29) is 0 Å². The zero-order valence-corrected chi connectivity index (χ0v) is 7.43. The fraction of sp³-hybridized carbons (Fsp3) is 0.500. The summed E-state index contributed by atoms with van der Waals surface area (Å²) < 4.78 is 0. The predicted molar refractivity (Wildman–Crippen MR) is 49.4 cm³/mol. The van der Waals surface area contributed by atoms with E-state index < -0.39 is 0 Å². The van der Waals surface area contributed by atoms with Gasteiger partial charge in [0.15, 0.2) is 0 Å². The Morgan fingerprint density at radius 1 is 1.78 bits per heavy atom. The Bertz CT molecular complexity index is 125. The fourth-order valence-electron chi connectivity index (χ4n) is 0.379. The molecule has 0 unspecified atom stereocenters. The number of thiol groups is 1. The number of aliphatic imine (C=N–C) groups is 1. The fourth-order valence-corrected chi connectivity index (χ4v) is 1.10. The lowest BCUT2D eigenvalue weighted by Crippen LogP contribution is -1.76. The van der Waals surface area contributed by atoms with Crippen LogP contribution in [0.4, 0.5) is 0 Å². The van der Waals surface area contributed by atoms with Gasteiger partial charge in [0.2, 0.25) is 0 Å². The van der Waals surface area contributed by atoms with Gasteiger partial charge < -0.3 is 0 Å². The Kier molecular flexibility index (Phi) is 5.00. The summed E-state index contributed by atoms with van der Waals surface area (Å²) in [4.78, 5) is 4.02. The van der Waals surface area contributed by atoms with Crippen LogP contribution in [0.25, 0.3) is 0 Å². The molecule has 0 bridgehead atoms. The Hall–Kier alpha value is 0.110. The summed E-state index contributed by atoms with van der Waals surface area (Å²) in [5.74, 6) is 1.02. The van der Waals surface area contributed by atoms with Gasteiger partial charge in [-0.25, -0.2) is 4.99 Å². The number of rotatable bonds is 3. The van der Waals surface area contributed by atoms with E-state index >= 15 is 0 Å². The summed E-state index contributed by atoms with van der Waals surface area (Å²) in [5, 5.41) is 1.60. The van der Waals surface area contributed by atoms with Gasteiger partial charge in [-0.15, -0.1) is 24.4 Å². The van der Waals surface area contributed by atoms with Gasteiger partial charge in [-0.2, -0.15) is 0 Å². The van der Waals surface area contributed by atoms with Crippen molar-refractivity contribution in [3.63, 3.8) is 0 Å². The molecule has 0 aromatic heterocycles. The van der Waals surface area contributed by atoms with Crippen LogP contribution in [0.3, 0.4) is 0 Å². The van der Waals surface area contributed by atoms with Crippen LogP contribution in [0.1, 0.15) is 13.8 Å². The van der Waals surface area contributed by atoms with E-state index in [1.165, 1.54) is 0 Å². The summed E-state index contributed by atoms with van der Waals surface area (Å²) in [6.45, 7) is 7.62. The summed E-state index contributed by atoms with van der Waals surface area (Å²) in [7, 11) is 0. The maximum atomic E-state index is 4.02. The molecular weight excluding hydrogens is 150 g/mol. The molecule has 0 aliphatic rings. The van der Waals surface area contributed by atoms with Crippen LogP contribution in [0, 0.1) is 0 Å². The number of hydrogen-bond acceptors (Lipinski definition) is 2. The third-order valence-electron chi connectivity index (χ3n) is 0.597. The molecule has 0 saturated heterocycles. The topological polar surface area (TPSA) is 12.4 Å². The van der Waals surface area contributed by atoms with Gasteiger partial charge in [0.05, 0.1) is 10.1 Å². The highest BCUT2D eigenvalue weighted by Crippen LogP contribution is 2.13. The second kappa shape index (κ2) is 4.94. The van der Waals surface area contributed by atoms with Crippen molar-refractivity contribution in [1.29, 1.82) is 0 Å². The lowest BCUT2D eigenvalue weighted by molar-refractivity contribution is 1.49. The minimum absolute atomic E-state index is 0.765. The lowest BCUT2D eigenvalue weighted by Gasteiger charge is -1.94. The highest BCUT2D eigenvalue weighted by atomic mass is 32.2. The largest absolute Gasteiger partial charge is 0.241 e. The quantitative estimate of drug-likeness (QED) is 0.381. The molecule has 0 aliphatic carbocycles. The number of thioether (sulfide) groups is 1. The normalized spacial score (nSPS) is 11.7. The first-order chi connectivity index (χ1) is 4.16. The third-order valence-corrected chi connectivity index (χ3v) is 1.41. The van der Waals surface area contributed by atoms with E-state index in [1.54, 1.807) is 11.8 Å². The van der Waals surface area contributed by atoms with Crippen molar-refractivity contribution in [2.45, 2.75) is 13.8 Å². The standard InChI is InChI=1S/C6H11NS2/c1-4-9-6(3)7-5(2)8/h3-4H2,1-2H3,(H,7,8). The maximum absolute atomic E-state index is 4.02. The first kappa shape index (κ1) is 9.11. The van der Waals surface area contributed by atoms with Crippen LogP contribution in [-0.4, -0.2) is 10.8 Å². The van der Waals surface area contributed by atoms with Gasteiger partial charge in [0.1, 0.15) is 0 Å². The van der Waals surface area contributed by atoms with E-state index in [2.05, 4.69) is 31.1 Å². The second-order valence-electron chi connectivity index (χ2n) is 1.49. The molecule has 0 amide bonds. The molecule has 0 spiro atoms. The Labute approximate surface area is 66.0 Å². The van der Waals surface area contributed by atoms with Crippen LogP contribution in [0.5, 0.6) is 0 Å². The predicted octanol–water partition coefficient (Wildman–Crippen LogP) is 2.56. The van der Waals surface area contributed by atoms with Crippen LogP contribution in [0.15, 0.2) is 16.6 Å². The van der Waals surface area contributed by atoms with E-state index in [0.29, 0.717) is 0 Å². The average Bonchev–Trinajstić information content (AvgIpc) is 1.63. The zero-order valence-electron chi connectivity index (χ0n) is 5.72. The van der Waals surface area contributed by atoms with Gasteiger partial charge in [0.25, 0.3) is 0 Å². The molecule has 1 nitrogen and oxygen atoms in total. The van der Waals surface area contributed by atoms with Crippen LogP contribution in [-0.2, 0) is 0 Å². The molecule has 0 heterocycles. The molecule has 0 rings (SSSR count). The van der Waals surface area contributed by atoms with E-state index in [0.717, 1.165) is 15.8 Å². The van der Waals surface area contributed by atoms with Crippen molar-refractivity contribution in [3.8, 4) is 0 Å². The van der Waals surface area contributed by atoms with Gasteiger partial charge in [-0.3, -0.25) is 0 Å². The molecule has 0 atom stereocenters. The zero-order chi connectivity index (χ0) is 7.28. The first-order valence-corrected chi connectivity index (χ1v) is 4.16.